The Morgan fingerprint density at radius 3 is 2.71 bits per heavy atom. The van der Waals surface area contributed by atoms with Crippen molar-refractivity contribution in [3.8, 4) is 0 Å². The van der Waals surface area contributed by atoms with Gasteiger partial charge in [-0.05, 0) is 20.8 Å². The second kappa shape index (κ2) is 4.19. The molecule has 1 aromatic rings. The van der Waals surface area contributed by atoms with Crippen LogP contribution in [0.25, 0.3) is 0 Å². The van der Waals surface area contributed by atoms with E-state index in [9.17, 15) is 4.79 Å². The molecule has 0 aliphatic carbocycles. The summed E-state index contributed by atoms with van der Waals surface area (Å²) < 4.78 is 5.10. The van der Waals surface area contributed by atoms with E-state index in [1.165, 1.54) is 0 Å². The van der Waals surface area contributed by atoms with Crippen molar-refractivity contribution in [1.82, 2.24) is 4.98 Å². The van der Waals surface area contributed by atoms with Crippen molar-refractivity contribution in [3.63, 3.8) is 0 Å². The highest BCUT2D eigenvalue weighted by Crippen LogP contribution is 2.15. The van der Waals surface area contributed by atoms with Crippen molar-refractivity contribution < 1.29 is 9.53 Å². The van der Waals surface area contributed by atoms with Gasteiger partial charge in [0.05, 0.1) is 17.1 Å². The Kier molecular flexibility index (Phi) is 3.39. The van der Waals surface area contributed by atoms with Crippen LogP contribution in [0.3, 0.4) is 0 Å². The van der Waals surface area contributed by atoms with Crippen LogP contribution in [0.5, 0.6) is 0 Å². The van der Waals surface area contributed by atoms with E-state index >= 15 is 0 Å². The third-order valence-corrected chi connectivity index (χ3v) is 3.01. The Labute approximate surface area is 88.1 Å². The molecule has 4 heteroatoms. The molecule has 0 aromatic carbocycles. The first-order valence-electron chi connectivity index (χ1n) is 4.45. The summed E-state index contributed by atoms with van der Waals surface area (Å²) in [5, 5.41) is 2.90. The van der Waals surface area contributed by atoms with Gasteiger partial charge in [-0.1, -0.05) is 0 Å². The van der Waals surface area contributed by atoms with E-state index in [2.05, 4.69) is 4.98 Å². The van der Waals surface area contributed by atoms with Gasteiger partial charge < -0.3 is 4.74 Å². The summed E-state index contributed by atoms with van der Waals surface area (Å²) in [5.41, 5.74) is 0.125. The van der Waals surface area contributed by atoms with Crippen LogP contribution in [0.1, 0.15) is 24.5 Å². The van der Waals surface area contributed by atoms with E-state index in [4.69, 9.17) is 4.74 Å². The van der Waals surface area contributed by atoms with Gasteiger partial charge in [-0.25, -0.2) is 4.98 Å². The number of ketones is 1. The number of hydrogen-bond donors (Lipinski definition) is 0. The second-order valence-electron chi connectivity index (χ2n) is 3.67. The fourth-order valence-corrected chi connectivity index (χ4v) is 1.59. The van der Waals surface area contributed by atoms with Crippen molar-refractivity contribution in [3.05, 3.63) is 16.1 Å². The van der Waals surface area contributed by atoms with Gasteiger partial charge in [-0.2, -0.15) is 0 Å². The third-order valence-electron chi connectivity index (χ3n) is 2.19. The van der Waals surface area contributed by atoms with Crippen LogP contribution in [0.2, 0.25) is 0 Å². The highest BCUT2D eigenvalue weighted by atomic mass is 32.1. The molecule has 1 rings (SSSR count). The molecular weight excluding hydrogens is 198 g/mol. The quantitative estimate of drug-likeness (QED) is 0.767. The zero-order valence-corrected chi connectivity index (χ0v) is 9.77. The predicted octanol–water partition coefficient (Wildman–Crippen LogP) is 1.99. The summed E-state index contributed by atoms with van der Waals surface area (Å²) in [6.45, 7) is 5.48. The summed E-state index contributed by atoms with van der Waals surface area (Å²) in [7, 11) is 1.55. The monoisotopic (exact) mass is 213 g/mol. The number of ether oxygens (including phenoxy) is 1. The number of Topliss-reactive ketones (excluding diaryl/α,β-unsaturated/α-hetero) is 1. The van der Waals surface area contributed by atoms with E-state index in [0.717, 1.165) is 10.7 Å². The lowest BCUT2D eigenvalue weighted by Crippen LogP contribution is -2.35. The molecule has 0 amide bonds. The van der Waals surface area contributed by atoms with Gasteiger partial charge in [0.1, 0.15) is 5.60 Å². The molecule has 0 unspecified atom stereocenters. The average Bonchev–Trinajstić information content (AvgIpc) is 2.51. The van der Waals surface area contributed by atoms with Gasteiger partial charge in [0.25, 0.3) is 0 Å². The molecule has 0 saturated heterocycles. The highest BCUT2D eigenvalue weighted by molar-refractivity contribution is 7.09. The number of thiazole rings is 1. The smallest absolute Gasteiger partial charge is 0.169 e. The van der Waals surface area contributed by atoms with Gasteiger partial charge in [0, 0.05) is 12.5 Å². The van der Waals surface area contributed by atoms with Crippen LogP contribution in [0.4, 0.5) is 0 Å². The number of aryl methyl sites for hydroxylation is 1. The molecule has 3 nitrogen and oxygen atoms in total. The van der Waals surface area contributed by atoms with Crippen LogP contribution in [-0.2, 0) is 16.0 Å². The number of methoxy groups -OCH3 is 1. The van der Waals surface area contributed by atoms with Crippen molar-refractivity contribution in [1.29, 1.82) is 0 Å². The first-order chi connectivity index (χ1) is 6.45. The topological polar surface area (TPSA) is 39.2 Å². The Morgan fingerprint density at radius 2 is 2.29 bits per heavy atom. The normalized spacial score (nSPS) is 11.7. The van der Waals surface area contributed by atoms with Gasteiger partial charge in [-0.3, -0.25) is 4.79 Å². The minimum Gasteiger partial charge on any atom is -0.371 e. The molecule has 0 fully saturated rings. The Balaban J connectivity index is 2.66. The summed E-state index contributed by atoms with van der Waals surface area (Å²) in [6, 6.07) is 0. The van der Waals surface area contributed by atoms with E-state index in [1.807, 2.05) is 12.3 Å². The Bertz CT molecular complexity index is 331. The fourth-order valence-electron chi connectivity index (χ4n) is 0.981. The molecule has 1 aromatic heterocycles. The maximum atomic E-state index is 11.7. The lowest BCUT2D eigenvalue weighted by atomic mass is 10.00. The molecule has 1 heterocycles. The average molecular weight is 213 g/mol. The van der Waals surface area contributed by atoms with Crippen LogP contribution in [-0.4, -0.2) is 23.5 Å². The van der Waals surface area contributed by atoms with E-state index in [0.29, 0.717) is 6.42 Å². The van der Waals surface area contributed by atoms with Crippen LogP contribution >= 0.6 is 11.3 Å². The third kappa shape index (κ3) is 2.62. The summed E-state index contributed by atoms with van der Waals surface area (Å²) in [5.74, 6) is 0.0605. The van der Waals surface area contributed by atoms with Crippen LogP contribution in [0, 0.1) is 6.92 Å². The minimum atomic E-state index is -0.711. The SMILES string of the molecule is COC(C)(C)C(=O)Cc1csc(C)n1. The summed E-state index contributed by atoms with van der Waals surface area (Å²) >= 11 is 1.56. The maximum absolute atomic E-state index is 11.7. The van der Waals surface area contributed by atoms with Gasteiger partial charge >= 0.3 is 0 Å². The van der Waals surface area contributed by atoms with Crippen LogP contribution in [0.15, 0.2) is 5.38 Å². The minimum absolute atomic E-state index is 0.0605. The molecule has 0 atom stereocenters. The van der Waals surface area contributed by atoms with E-state index in [-0.39, 0.29) is 5.78 Å². The number of rotatable bonds is 4. The number of hydrogen-bond acceptors (Lipinski definition) is 4. The predicted molar refractivity (Wildman–Crippen MR) is 56.7 cm³/mol. The van der Waals surface area contributed by atoms with Crippen molar-refractivity contribution in [2.24, 2.45) is 0 Å². The first-order valence-corrected chi connectivity index (χ1v) is 5.33. The fraction of sp³-hybridized carbons (Fsp3) is 0.600. The number of carbonyl (C=O) groups is 1. The highest BCUT2D eigenvalue weighted by Gasteiger charge is 2.27. The molecule has 0 aliphatic heterocycles. The second-order valence-corrected chi connectivity index (χ2v) is 4.73. The summed E-state index contributed by atoms with van der Waals surface area (Å²) in [6.07, 6.45) is 0.352. The number of nitrogens with zero attached hydrogens (tertiary/aromatic N) is 1. The molecule has 0 N–H and O–H groups in total. The maximum Gasteiger partial charge on any atom is 0.169 e. The lowest BCUT2D eigenvalue weighted by molar-refractivity contribution is -0.136. The number of carbonyl (C=O) groups excluding carboxylic acids is 1. The number of aromatic nitrogens is 1. The molecule has 0 spiro atoms. The summed E-state index contributed by atoms with van der Waals surface area (Å²) in [4.78, 5) is 16.0. The molecule has 0 bridgehead atoms. The van der Waals surface area contributed by atoms with E-state index in [1.54, 1.807) is 32.3 Å². The molecular formula is C10H15NO2S. The molecule has 14 heavy (non-hydrogen) atoms. The van der Waals surface area contributed by atoms with Gasteiger partial charge in [0.15, 0.2) is 5.78 Å². The van der Waals surface area contributed by atoms with Crippen molar-refractivity contribution >= 4 is 17.1 Å². The van der Waals surface area contributed by atoms with Crippen molar-refractivity contribution in [2.75, 3.05) is 7.11 Å². The molecule has 0 radical (unpaired) electrons. The zero-order valence-electron chi connectivity index (χ0n) is 8.96. The molecule has 78 valence electrons. The molecule has 0 aliphatic rings. The Hall–Kier alpha value is -0.740. The standard InChI is InChI=1S/C10H15NO2S/c1-7-11-8(6-14-7)5-9(12)10(2,3)13-4/h6H,5H2,1-4H3. The molecule has 0 saturated carbocycles. The van der Waals surface area contributed by atoms with Crippen LogP contribution < -0.4 is 0 Å². The lowest BCUT2D eigenvalue weighted by Gasteiger charge is -2.20. The van der Waals surface area contributed by atoms with E-state index < -0.39 is 5.60 Å². The van der Waals surface area contributed by atoms with Gasteiger partial charge in [0.2, 0.25) is 0 Å². The largest absolute Gasteiger partial charge is 0.371 e. The first kappa shape index (κ1) is 11.3. The Morgan fingerprint density at radius 1 is 1.64 bits per heavy atom. The zero-order chi connectivity index (χ0) is 10.8. The van der Waals surface area contributed by atoms with Gasteiger partial charge in [-0.15, -0.1) is 11.3 Å². The van der Waals surface area contributed by atoms with Crippen molar-refractivity contribution in [2.45, 2.75) is 32.8 Å².